The minimum Gasteiger partial charge on any atom is -0.444 e. The Kier molecular flexibility index (Phi) is 6.63. The van der Waals surface area contributed by atoms with E-state index in [-0.39, 0.29) is 18.4 Å². The number of hydrogen-bond donors (Lipinski definition) is 1. The number of pyridine rings is 1. The number of nitrogens with one attached hydrogen (secondary N) is 1. The predicted molar refractivity (Wildman–Crippen MR) is 77.0 cm³/mol. The van der Waals surface area contributed by atoms with Crippen molar-refractivity contribution in [3.8, 4) is 0 Å². The standard InChI is InChI=1S/C12H17BrN2O2.ClH/c1-8(10-6-5-9(13)7-14-10)15-11(16)17-12(2,3)4;/h5-8H,1-4H3,(H,15,16);1H/t8-;/m0./s1. The molecule has 0 unspecified atom stereocenters. The van der Waals surface area contributed by atoms with Gasteiger partial charge in [0.2, 0.25) is 0 Å². The molecule has 0 aliphatic heterocycles. The zero-order valence-electron chi connectivity index (χ0n) is 10.9. The van der Waals surface area contributed by atoms with E-state index in [0.29, 0.717) is 0 Å². The molecule has 0 saturated carbocycles. The normalized spacial score (nSPS) is 12.3. The van der Waals surface area contributed by atoms with Gasteiger partial charge in [-0.3, -0.25) is 4.98 Å². The Morgan fingerprint density at radius 1 is 1.44 bits per heavy atom. The maximum absolute atomic E-state index is 11.5. The summed E-state index contributed by atoms with van der Waals surface area (Å²) in [6, 6.07) is 3.56. The average molecular weight is 338 g/mol. The van der Waals surface area contributed by atoms with Crippen LogP contribution >= 0.6 is 28.3 Å². The zero-order chi connectivity index (χ0) is 13.1. The molecule has 1 atom stereocenters. The van der Waals surface area contributed by atoms with Gasteiger partial charge in [0.1, 0.15) is 5.60 Å². The lowest BCUT2D eigenvalue weighted by Gasteiger charge is -2.21. The second-order valence-corrected chi connectivity index (χ2v) is 5.68. The molecule has 1 N–H and O–H groups in total. The van der Waals surface area contributed by atoms with E-state index in [1.54, 1.807) is 6.20 Å². The minimum atomic E-state index is -0.489. The van der Waals surface area contributed by atoms with Crippen molar-refractivity contribution < 1.29 is 9.53 Å². The number of alkyl carbamates (subject to hydrolysis) is 1. The summed E-state index contributed by atoms with van der Waals surface area (Å²) in [4.78, 5) is 15.7. The van der Waals surface area contributed by atoms with Gasteiger partial charge in [-0.1, -0.05) is 0 Å². The maximum atomic E-state index is 11.5. The summed E-state index contributed by atoms with van der Waals surface area (Å²) >= 11 is 3.31. The summed E-state index contributed by atoms with van der Waals surface area (Å²) in [5.74, 6) is 0. The van der Waals surface area contributed by atoms with Crippen molar-refractivity contribution in [2.45, 2.75) is 39.3 Å². The number of nitrogens with zero attached hydrogens (tertiary/aromatic N) is 1. The first-order chi connectivity index (χ1) is 7.78. The molecule has 1 aromatic rings. The summed E-state index contributed by atoms with van der Waals surface area (Å²) in [6.07, 6.45) is 1.26. The third kappa shape index (κ3) is 6.21. The van der Waals surface area contributed by atoms with Crippen molar-refractivity contribution in [2.75, 3.05) is 0 Å². The summed E-state index contributed by atoms with van der Waals surface area (Å²) < 4.78 is 6.07. The van der Waals surface area contributed by atoms with Gasteiger partial charge in [-0.15, -0.1) is 12.4 Å². The molecule has 0 aliphatic carbocycles. The highest BCUT2D eigenvalue weighted by molar-refractivity contribution is 9.10. The van der Waals surface area contributed by atoms with Crippen LogP contribution in [0.15, 0.2) is 22.8 Å². The molecular formula is C12H18BrClN2O2. The third-order valence-electron chi connectivity index (χ3n) is 1.93. The lowest BCUT2D eigenvalue weighted by atomic mass is 10.2. The smallest absolute Gasteiger partial charge is 0.408 e. The van der Waals surface area contributed by atoms with Crippen LogP contribution in [-0.2, 0) is 4.74 Å². The highest BCUT2D eigenvalue weighted by atomic mass is 79.9. The summed E-state index contributed by atoms with van der Waals surface area (Å²) in [5.41, 5.74) is 0.302. The van der Waals surface area contributed by atoms with Gasteiger partial charge in [0.15, 0.2) is 0 Å². The molecule has 6 heteroatoms. The largest absolute Gasteiger partial charge is 0.444 e. The molecule has 0 saturated heterocycles. The topological polar surface area (TPSA) is 51.2 Å². The van der Waals surface area contributed by atoms with E-state index in [9.17, 15) is 4.79 Å². The fourth-order valence-corrected chi connectivity index (χ4v) is 1.44. The Balaban J connectivity index is 0.00000289. The van der Waals surface area contributed by atoms with Gasteiger partial charge in [-0.25, -0.2) is 4.79 Å². The van der Waals surface area contributed by atoms with Crippen LogP contribution < -0.4 is 5.32 Å². The molecular weight excluding hydrogens is 320 g/mol. The molecule has 102 valence electrons. The first kappa shape index (κ1) is 17.2. The minimum absolute atomic E-state index is 0. The lowest BCUT2D eigenvalue weighted by molar-refractivity contribution is 0.0507. The predicted octanol–water partition coefficient (Wildman–Crippen LogP) is 3.85. The molecule has 1 heterocycles. The Morgan fingerprint density at radius 2 is 2.06 bits per heavy atom. The highest BCUT2D eigenvalue weighted by Gasteiger charge is 2.18. The maximum Gasteiger partial charge on any atom is 0.408 e. The van der Waals surface area contributed by atoms with Gasteiger partial charge >= 0.3 is 6.09 Å². The number of aromatic nitrogens is 1. The van der Waals surface area contributed by atoms with Crippen molar-refractivity contribution in [1.29, 1.82) is 0 Å². The molecule has 1 aromatic heterocycles. The monoisotopic (exact) mass is 336 g/mol. The number of halogens is 2. The van der Waals surface area contributed by atoms with Gasteiger partial charge in [0.05, 0.1) is 11.7 Å². The quantitative estimate of drug-likeness (QED) is 0.891. The van der Waals surface area contributed by atoms with Gasteiger partial charge in [0, 0.05) is 10.7 Å². The lowest BCUT2D eigenvalue weighted by Crippen LogP contribution is -2.34. The van der Waals surface area contributed by atoms with Crippen molar-refractivity contribution >= 4 is 34.4 Å². The number of hydrogen-bond acceptors (Lipinski definition) is 3. The van der Waals surface area contributed by atoms with Crippen molar-refractivity contribution in [2.24, 2.45) is 0 Å². The van der Waals surface area contributed by atoms with Gasteiger partial charge < -0.3 is 10.1 Å². The Labute approximate surface area is 122 Å². The summed E-state index contributed by atoms with van der Waals surface area (Å²) in [7, 11) is 0. The number of ether oxygens (including phenoxy) is 1. The van der Waals surface area contributed by atoms with Crippen LogP contribution in [0.1, 0.15) is 39.4 Å². The number of carbonyl (C=O) groups excluding carboxylic acids is 1. The van der Waals surface area contributed by atoms with E-state index < -0.39 is 11.7 Å². The fourth-order valence-electron chi connectivity index (χ4n) is 1.20. The molecule has 1 amide bonds. The second-order valence-electron chi connectivity index (χ2n) is 4.77. The Morgan fingerprint density at radius 3 is 2.50 bits per heavy atom. The summed E-state index contributed by atoms with van der Waals surface area (Å²) in [6.45, 7) is 7.35. The molecule has 4 nitrogen and oxygen atoms in total. The molecule has 0 fully saturated rings. The van der Waals surface area contributed by atoms with Crippen molar-refractivity contribution in [3.63, 3.8) is 0 Å². The average Bonchev–Trinajstić information content (AvgIpc) is 2.15. The van der Waals surface area contributed by atoms with Crippen LogP contribution in [0.4, 0.5) is 4.79 Å². The Bertz CT molecular complexity index is 390. The van der Waals surface area contributed by atoms with Crippen molar-refractivity contribution in [1.82, 2.24) is 10.3 Å². The van der Waals surface area contributed by atoms with Gasteiger partial charge in [-0.05, 0) is 55.8 Å². The SMILES string of the molecule is C[C@H](NC(=O)OC(C)(C)C)c1ccc(Br)cn1.Cl. The first-order valence-electron chi connectivity index (χ1n) is 5.39. The van der Waals surface area contributed by atoms with E-state index in [4.69, 9.17) is 4.74 Å². The summed E-state index contributed by atoms with van der Waals surface area (Å²) in [5, 5.41) is 2.73. The van der Waals surface area contributed by atoms with Crippen LogP contribution in [0.3, 0.4) is 0 Å². The van der Waals surface area contributed by atoms with Crippen LogP contribution in [0.5, 0.6) is 0 Å². The van der Waals surface area contributed by atoms with E-state index >= 15 is 0 Å². The molecule has 0 aromatic carbocycles. The van der Waals surface area contributed by atoms with E-state index in [0.717, 1.165) is 10.2 Å². The van der Waals surface area contributed by atoms with Crippen LogP contribution in [0.2, 0.25) is 0 Å². The number of rotatable bonds is 2. The third-order valence-corrected chi connectivity index (χ3v) is 2.40. The van der Waals surface area contributed by atoms with Crippen LogP contribution in [-0.4, -0.2) is 16.7 Å². The molecule has 0 aliphatic rings. The van der Waals surface area contributed by atoms with E-state index in [1.807, 2.05) is 39.8 Å². The molecule has 1 rings (SSSR count). The number of carbonyl (C=O) groups is 1. The van der Waals surface area contributed by atoms with Gasteiger partial charge in [-0.2, -0.15) is 0 Å². The Hall–Kier alpha value is -0.810. The molecule has 0 spiro atoms. The van der Waals surface area contributed by atoms with Crippen LogP contribution in [0, 0.1) is 0 Å². The highest BCUT2D eigenvalue weighted by Crippen LogP contribution is 2.14. The first-order valence-corrected chi connectivity index (χ1v) is 6.18. The van der Waals surface area contributed by atoms with Crippen LogP contribution in [0.25, 0.3) is 0 Å². The molecule has 0 bridgehead atoms. The van der Waals surface area contributed by atoms with Gasteiger partial charge in [0.25, 0.3) is 0 Å². The van der Waals surface area contributed by atoms with Crippen molar-refractivity contribution in [3.05, 3.63) is 28.5 Å². The fraction of sp³-hybridized carbons (Fsp3) is 0.500. The molecule has 18 heavy (non-hydrogen) atoms. The molecule has 0 radical (unpaired) electrons. The zero-order valence-corrected chi connectivity index (χ0v) is 13.3. The van der Waals surface area contributed by atoms with E-state index in [1.165, 1.54) is 0 Å². The van der Waals surface area contributed by atoms with E-state index in [2.05, 4.69) is 26.2 Å². The number of amides is 1. The second kappa shape index (κ2) is 6.95.